The van der Waals surface area contributed by atoms with Gasteiger partial charge in [-0.25, -0.2) is 0 Å². The van der Waals surface area contributed by atoms with Crippen LogP contribution < -0.4 is 11.5 Å². The summed E-state index contributed by atoms with van der Waals surface area (Å²) < 4.78 is 0. The van der Waals surface area contributed by atoms with Gasteiger partial charge in [-0.1, -0.05) is 0 Å². The van der Waals surface area contributed by atoms with Crippen LogP contribution in [0.4, 0.5) is 0 Å². The van der Waals surface area contributed by atoms with Gasteiger partial charge in [-0.3, -0.25) is 0 Å². The van der Waals surface area contributed by atoms with E-state index < -0.39 is 0 Å². The molecule has 0 aliphatic heterocycles. The topological polar surface area (TPSA) is 52.0 Å². The standard InChI is InChI=1S/C11H22N2/c12-5-1-2-10-8-3-4-9(6-8)11(10)7-13/h8-11H,1-7,12-13H2. The van der Waals surface area contributed by atoms with E-state index in [-0.39, 0.29) is 0 Å². The molecule has 2 heteroatoms. The number of fused-ring (bicyclic) bond motifs is 2. The fourth-order valence-corrected chi connectivity index (χ4v) is 3.70. The third-order valence-corrected chi connectivity index (χ3v) is 4.29. The van der Waals surface area contributed by atoms with Gasteiger partial charge in [0, 0.05) is 0 Å². The minimum absolute atomic E-state index is 0.838. The van der Waals surface area contributed by atoms with Gasteiger partial charge >= 0.3 is 0 Å². The van der Waals surface area contributed by atoms with Gasteiger partial charge in [0.1, 0.15) is 0 Å². The third-order valence-electron chi connectivity index (χ3n) is 4.29. The molecule has 0 aromatic rings. The minimum Gasteiger partial charge on any atom is -0.330 e. The monoisotopic (exact) mass is 182 g/mol. The summed E-state index contributed by atoms with van der Waals surface area (Å²) >= 11 is 0. The zero-order valence-electron chi connectivity index (χ0n) is 8.41. The predicted molar refractivity (Wildman–Crippen MR) is 55.2 cm³/mol. The lowest BCUT2D eigenvalue weighted by molar-refractivity contribution is 0.212. The second-order valence-corrected chi connectivity index (χ2v) is 4.83. The van der Waals surface area contributed by atoms with E-state index in [2.05, 4.69) is 0 Å². The molecule has 13 heavy (non-hydrogen) atoms. The first kappa shape index (κ1) is 9.47. The third kappa shape index (κ3) is 1.62. The second kappa shape index (κ2) is 3.97. The number of hydrogen-bond acceptors (Lipinski definition) is 2. The van der Waals surface area contributed by atoms with Crippen molar-refractivity contribution in [1.29, 1.82) is 0 Å². The molecule has 2 aliphatic carbocycles. The average molecular weight is 182 g/mol. The SMILES string of the molecule is NCCCC1C2CCC(C2)C1CN. The molecule has 0 aromatic carbocycles. The Morgan fingerprint density at radius 2 is 1.69 bits per heavy atom. The summed E-state index contributed by atoms with van der Waals surface area (Å²) in [6.07, 6.45) is 6.92. The Morgan fingerprint density at radius 1 is 1.00 bits per heavy atom. The van der Waals surface area contributed by atoms with Crippen molar-refractivity contribution in [3.05, 3.63) is 0 Å². The molecule has 2 saturated carbocycles. The van der Waals surface area contributed by atoms with Gasteiger partial charge in [-0.05, 0) is 68.9 Å². The van der Waals surface area contributed by atoms with E-state index in [1.54, 1.807) is 0 Å². The molecule has 0 spiro atoms. The van der Waals surface area contributed by atoms with Gasteiger partial charge < -0.3 is 11.5 Å². The van der Waals surface area contributed by atoms with Crippen LogP contribution in [0.2, 0.25) is 0 Å². The van der Waals surface area contributed by atoms with Crippen LogP contribution in [0.3, 0.4) is 0 Å². The van der Waals surface area contributed by atoms with E-state index in [9.17, 15) is 0 Å². The van der Waals surface area contributed by atoms with E-state index >= 15 is 0 Å². The molecule has 2 nitrogen and oxygen atoms in total. The maximum Gasteiger partial charge on any atom is -0.00435 e. The first-order valence-electron chi connectivity index (χ1n) is 5.77. The van der Waals surface area contributed by atoms with E-state index in [4.69, 9.17) is 11.5 Å². The molecule has 0 radical (unpaired) electrons. The van der Waals surface area contributed by atoms with Crippen LogP contribution in [-0.4, -0.2) is 13.1 Å². The maximum atomic E-state index is 5.85. The van der Waals surface area contributed by atoms with E-state index in [0.717, 1.165) is 36.8 Å². The highest BCUT2D eigenvalue weighted by atomic mass is 14.6. The van der Waals surface area contributed by atoms with Crippen molar-refractivity contribution in [2.45, 2.75) is 32.1 Å². The first-order valence-corrected chi connectivity index (χ1v) is 5.77. The van der Waals surface area contributed by atoms with Gasteiger partial charge in [0.05, 0.1) is 0 Å². The molecule has 0 saturated heterocycles. The van der Waals surface area contributed by atoms with Crippen molar-refractivity contribution in [2.75, 3.05) is 13.1 Å². The fraction of sp³-hybridized carbons (Fsp3) is 1.00. The molecule has 0 amide bonds. The predicted octanol–water partition coefficient (Wildman–Crippen LogP) is 1.35. The molecule has 4 N–H and O–H groups in total. The van der Waals surface area contributed by atoms with Crippen molar-refractivity contribution in [2.24, 2.45) is 35.1 Å². The molecule has 0 heterocycles. The van der Waals surface area contributed by atoms with E-state index in [1.807, 2.05) is 0 Å². The van der Waals surface area contributed by atoms with Gasteiger partial charge in [0.2, 0.25) is 0 Å². The molecule has 2 fully saturated rings. The highest BCUT2D eigenvalue weighted by Gasteiger charge is 2.45. The van der Waals surface area contributed by atoms with Crippen LogP contribution in [0.25, 0.3) is 0 Å². The summed E-state index contributed by atoms with van der Waals surface area (Å²) in [5, 5.41) is 0. The molecule has 2 rings (SSSR count). The molecule has 0 aromatic heterocycles. The van der Waals surface area contributed by atoms with Gasteiger partial charge in [0.15, 0.2) is 0 Å². The molecular weight excluding hydrogens is 160 g/mol. The van der Waals surface area contributed by atoms with E-state index in [1.165, 1.54) is 32.1 Å². The van der Waals surface area contributed by atoms with Crippen molar-refractivity contribution in [3.63, 3.8) is 0 Å². The quantitative estimate of drug-likeness (QED) is 0.689. The molecule has 4 atom stereocenters. The maximum absolute atomic E-state index is 5.85. The largest absolute Gasteiger partial charge is 0.330 e. The summed E-state index contributed by atoms with van der Waals surface area (Å²) in [5.74, 6) is 3.74. The van der Waals surface area contributed by atoms with Crippen LogP contribution in [0.5, 0.6) is 0 Å². The Kier molecular flexibility index (Phi) is 2.89. The summed E-state index contributed by atoms with van der Waals surface area (Å²) in [4.78, 5) is 0. The van der Waals surface area contributed by atoms with Crippen molar-refractivity contribution < 1.29 is 0 Å². The van der Waals surface area contributed by atoms with Crippen LogP contribution in [0, 0.1) is 23.7 Å². The summed E-state index contributed by atoms with van der Waals surface area (Å²) in [5.41, 5.74) is 11.4. The van der Waals surface area contributed by atoms with E-state index in [0.29, 0.717) is 0 Å². The van der Waals surface area contributed by atoms with Gasteiger partial charge in [0.25, 0.3) is 0 Å². The first-order chi connectivity index (χ1) is 6.36. The Labute approximate surface area is 81.1 Å². The molecule has 76 valence electrons. The highest BCUT2D eigenvalue weighted by Crippen LogP contribution is 2.53. The van der Waals surface area contributed by atoms with Gasteiger partial charge in [-0.2, -0.15) is 0 Å². The zero-order valence-corrected chi connectivity index (χ0v) is 8.41. The summed E-state index contributed by atoms with van der Waals surface area (Å²) in [7, 11) is 0. The lowest BCUT2D eigenvalue weighted by atomic mass is 9.77. The summed E-state index contributed by atoms with van der Waals surface area (Å²) in [6, 6.07) is 0. The normalized spacial score (nSPS) is 42.9. The number of rotatable bonds is 4. The number of nitrogens with two attached hydrogens (primary N) is 2. The fourth-order valence-electron chi connectivity index (χ4n) is 3.70. The lowest BCUT2D eigenvalue weighted by Crippen LogP contribution is -2.29. The number of hydrogen-bond donors (Lipinski definition) is 2. The molecule has 2 aliphatic rings. The minimum atomic E-state index is 0.838. The Hall–Kier alpha value is -0.0800. The van der Waals surface area contributed by atoms with Gasteiger partial charge in [-0.15, -0.1) is 0 Å². The summed E-state index contributed by atoms with van der Waals surface area (Å²) in [6.45, 7) is 1.77. The van der Waals surface area contributed by atoms with Crippen LogP contribution >= 0.6 is 0 Å². The van der Waals surface area contributed by atoms with Crippen molar-refractivity contribution in [3.8, 4) is 0 Å². The lowest BCUT2D eigenvalue weighted by Gasteiger charge is -2.30. The van der Waals surface area contributed by atoms with Crippen molar-refractivity contribution in [1.82, 2.24) is 0 Å². The average Bonchev–Trinajstić information content (AvgIpc) is 2.73. The van der Waals surface area contributed by atoms with Crippen molar-refractivity contribution >= 4 is 0 Å². The highest BCUT2D eigenvalue weighted by molar-refractivity contribution is 4.96. The zero-order chi connectivity index (χ0) is 9.26. The Bertz CT molecular complexity index is 169. The second-order valence-electron chi connectivity index (χ2n) is 4.83. The van der Waals surface area contributed by atoms with Crippen LogP contribution in [-0.2, 0) is 0 Å². The van der Waals surface area contributed by atoms with Crippen LogP contribution in [0.15, 0.2) is 0 Å². The Balaban J connectivity index is 1.92. The molecular formula is C11H22N2. The smallest absolute Gasteiger partial charge is 0.00435 e. The van der Waals surface area contributed by atoms with Crippen LogP contribution in [0.1, 0.15) is 32.1 Å². The molecule has 2 bridgehead atoms. The Morgan fingerprint density at radius 3 is 2.31 bits per heavy atom. The molecule has 4 unspecified atom stereocenters.